The number of halogens is 1. The van der Waals surface area contributed by atoms with Gasteiger partial charge in [0.15, 0.2) is 0 Å². The number of benzene rings is 1. The van der Waals surface area contributed by atoms with Crippen LogP contribution in [0.15, 0.2) is 30.3 Å². The van der Waals surface area contributed by atoms with Gasteiger partial charge in [0.1, 0.15) is 0 Å². The van der Waals surface area contributed by atoms with Crippen LogP contribution in [-0.4, -0.2) is 14.7 Å². The molecule has 0 atom stereocenters. The normalized spacial score (nSPS) is 8.19. The van der Waals surface area contributed by atoms with E-state index in [1.54, 1.807) is 0 Å². The zero-order valence-electron chi connectivity index (χ0n) is 11.0. The third kappa shape index (κ3) is 37.5. The van der Waals surface area contributed by atoms with Crippen molar-refractivity contribution in [3.63, 3.8) is 0 Å². The van der Waals surface area contributed by atoms with Gasteiger partial charge in [0.25, 0.3) is 0 Å². The van der Waals surface area contributed by atoms with Crippen molar-refractivity contribution in [2.24, 2.45) is 0 Å². The molecule has 4 heteroatoms. The topological polar surface area (TPSA) is 34.1 Å². The summed E-state index contributed by atoms with van der Waals surface area (Å²) in [5.41, 5.74) is 1.32. The summed E-state index contributed by atoms with van der Waals surface area (Å²) in [4.78, 5) is 0. The molecule has 0 amide bonds. The summed E-state index contributed by atoms with van der Waals surface area (Å²) in [7, 11) is 1.31. The Hall–Kier alpha value is -0.540. The molecule has 0 radical (unpaired) electrons. The lowest BCUT2D eigenvalue weighted by molar-refractivity contribution is 0.615. The predicted octanol–water partition coefficient (Wildman–Crippen LogP) is 4.23. The van der Waals surface area contributed by atoms with Crippen molar-refractivity contribution in [1.29, 1.82) is 0 Å². The molecule has 0 N–H and O–H groups in total. The van der Waals surface area contributed by atoms with E-state index >= 15 is 0 Å². The first-order valence-corrected chi connectivity index (χ1v) is 8.02. The first-order chi connectivity index (χ1) is 7.39. The predicted molar refractivity (Wildman–Crippen MR) is 74.6 cm³/mol. The molecule has 0 fully saturated rings. The average molecular weight is 267 g/mol. The molecular weight excluding hydrogens is 244 g/mol. The molecule has 0 saturated heterocycles. The van der Waals surface area contributed by atoms with Crippen LogP contribution in [0.25, 0.3) is 0 Å². The Balaban J connectivity index is -0.000000167. The standard InChI is InChI=1S/C7H8.2C2H6.CH3ClO2S/c1-7-5-3-2-4-6-7;2*1-2;1-5(2,3)4/h2-6H,1H3;2*1-2H3;1H3. The molecule has 0 aromatic heterocycles. The molecule has 0 spiro atoms. The number of hydrogen-bond acceptors (Lipinski definition) is 2. The van der Waals surface area contributed by atoms with Crippen molar-refractivity contribution in [3.05, 3.63) is 35.9 Å². The minimum atomic E-state index is -3.19. The van der Waals surface area contributed by atoms with E-state index in [1.165, 1.54) is 5.56 Å². The van der Waals surface area contributed by atoms with E-state index in [9.17, 15) is 8.42 Å². The number of aryl methyl sites for hydroxylation is 1. The first-order valence-electron chi connectivity index (χ1n) is 5.31. The molecule has 1 aromatic carbocycles. The molecular formula is C12H23ClO2S. The van der Waals surface area contributed by atoms with Crippen LogP contribution in [0.3, 0.4) is 0 Å². The molecule has 16 heavy (non-hydrogen) atoms. The van der Waals surface area contributed by atoms with E-state index in [0.29, 0.717) is 0 Å². The lowest BCUT2D eigenvalue weighted by atomic mass is 10.2. The van der Waals surface area contributed by atoms with Crippen LogP contribution in [0.1, 0.15) is 33.3 Å². The van der Waals surface area contributed by atoms with Gasteiger partial charge in [0, 0.05) is 10.7 Å². The van der Waals surface area contributed by atoms with Gasteiger partial charge in [-0.2, -0.15) is 0 Å². The van der Waals surface area contributed by atoms with E-state index in [-0.39, 0.29) is 0 Å². The second kappa shape index (κ2) is 14.5. The van der Waals surface area contributed by atoms with E-state index < -0.39 is 9.05 Å². The summed E-state index contributed by atoms with van der Waals surface area (Å²) in [5, 5.41) is 0. The highest BCUT2D eigenvalue weighted by molar-refractivity contribution is 8.13. The fourth-order valence-corrected chi connectivity index (χ4v) is 0.534. The SMILES string of the molecule is CC.CC.CS(=O)(=O)Cl.Cc1ccccc1. The van der Waals surface area contributed by atoms with Crippen molar-refractivity contribution >= 4 is 19.7 Å². The lowest BCUT2D eigenvalue weighted by Gasteiger charge is -1.82. The molecule has 0 unspecified atom stereocenters. The maximum absolute atomic E-state index is 9.40. The van der Waals surface area contributed by atoms with E-state index in [1.807, 2.05) is 45.9 Å². The molecule has 0 heterocycles. The number of hydrogen-bond donors (Lipinski definition) is 0. The molecule has 96 valence electrons. The van der Waals surface area contributed by atoms with Gasteiger partial charge in [-0.15, -0.1) is 0 Å². The molecule has 1 aromatic rings. The maximum Gasteiger partial charge on any atom is 0.229 e. The Kier molecular flexibility index (Phi) is 18.8. The van der Waals surface area contributed by atoms with Gasteiger partial charge >= 0.3 is 0 Å². The van der Waals surface area contributed by atoms with Gasteiger partial charge in [0.2, 0.25) is 9.05 Å². The molecule has 0 aliphatic heterocycles. The van der Waals surface area contributed by atoms with Crippen LogP contribution in [-0.2, 0) is 9.05 Å². The van der Waals surface area contributed by atoms with Gasteiger partial charge in [-0.05, 0) is 6.92 Å². The van der Waals surface area contributed by atoms with Crippen LogP contribution in [0, 0.1) is 6.92 Å². The van der Waals surface area contributed by atoms with Crippen LogP contribution >= 0.6 is 10.7 Å². The Morgan fingerprint density at radius 3 is 1.31 bits per heavy atom. The van der Waals surface area contributed by atoms with Gasteiger partial charge in [-0.25, -0.2) is 8.42 Å². The van der Waals surface area contributed by atoms with Gasteiger partial charge in [-0.3, -0.25) is 0 Å². The lowest BCUT2D eigenvalue weighted by Crippen LogP contribution is -1.76. The fourth-order valence-electron chi connectivity index (χ4n) is 0.534. The molecule has 0 bridgehead atoms. The fraction of sp³-hybridized carbons (Fsp3) is 0.500. The molecule has 0 saturated carbocycles. The maximum atomic E-state index is 9.40. The van der Waals surface area contributed by atoms with Crippen LogP contribution < -0.4 is 0 Å². The van der Waals surface area contributed by atoms with E-state index in [2.05, 4.69) is 29.7 Å². The second-order valence-corrected chi connectivity index (χ2v) is 5.38. The van der Waals surface area contributed by atoms with Crippen LogP contribution in [0.4, 0.5) is 0 Å². The van der Waals surface area contributed by atoms with Crippen molar-refractivity contribution < 1.29 is 8.42 Å². The Morgan fingerprint density at radius 1 is 0.938 bits per heavy atom. The van der Waals surface area contributed by atoms with Crippen molar-refractivity contribution in [2.45, 2.75) is 34.6 Å². The smallest absolute Gasteiger partial charge is 0.213 e. The molecule has 2 nitrogen and oxygen atoms in total. The minimum absolute atomic E-state index is 0.925. The monoisotopic (exact) mass is 266 g/mol. The average Bonchev–Trinajstić information content (AvgIpc) is 2.22. The van der Waals surface area contributed by atoms with Crippen molar-refractivity contribution in [1.82, 2.24) is 0 Å². The summed E-state index contributed by atoms with van der Waals surface area (Å²) in [5.74, 6) is 0. The highest BCUT2D eigenvalue weighted by Gasteiger charge is 1.83. The largest absolute Gasteiger partial charge is 0.229 e. The molecule has 0 aliphatic rings. The van der Waals surface area contributed by atoms with Crippen LogP contribution in [0.2, 0.25) is 0 Å². The Labute approximate surface area is 105 Å². The summed E-state index contributed by atoms with van der Waals surface area (Å²) in [6, 6.07) is 10.3. The summed E-state index contributed by atoms with van der Waals surface area (Å²) in [6.45, 7) is 10.1. The Bertz CT molecular complexity index is 299. The highest BCUT2D eigenvalue weighted by atomic mass is 35.7. The van der Waals surface area contributed by atoms with E-state index in [0.717, 1.165) is 6.26 Å². The summed E-state index contributed by atoms with van der Waals surface area (Å²) < 4.78 is 18.8. The third-order valence-electron chi connectivity index (χ3n) is 0.940. The van der Waals surface area contributed by atoms with Gasteiger partial charge in [-0.1, -0.05) is 63.6 Å². The zero-order valence-corrected chi connectivity index (χ0v) is 12.6. The van der Waals surface area contributed by atoms with Gasteiger partial charge in [0.05, 0.1) is 6.26 Å². The molecule has 0 aliphatic carbocycles. The first kappa shape index (κ1) is 20.8. The quantitative estimate of drug-likeness (QED) is 0.659. The summed E-state index contributed by atoms with van der Waals surface area (Å²) in [6.07, 6.45) is 0.925. The minimum Gasteiger partial charge on any atom is -0.213 e. The highest BCUT2D eigenvalue weighted by Crippen LogP contribution is 1.92. The van der Waals surface area contributed by atoms with Crippen LogP contribution in [0.5, 0.6) is 0 Å². The third-order valence-corrected chi connectivity index (χ3v) is 0.940. The van der Waals surface area contributed by atoms with Crippen molar-refractivity contribution in [2.75, 3.05) is 6.26 Å². The summed E-state index contributed by atoms with van der Waals surface area (Å²) >= 11 is 0. The van der Waals surface area contributed by atoms with E-state index in [4.69, 9.17) is 0 Å². The Morgan fingerprint density at radius 2 is 1.19 bits per heavy atom. The number of rotatable bonds is 0. The zero-order chi connectivity index (χ0) is 13.6. The van der Waals surface area contributed by atoms with Gasteiger partial charge < -0.3 is 0 Å². The van der Waals surface area contributed by atoms with Crippen molar-refractivity contribution in [3.8, 4) is 0 Å². The second-order valence-electron chi connectivity index (χ2n) is 2.34. The molecule has 1 rings (SSSR count).